The molecule has 18 heavy (non-hydrogen) atoms. The largest absolute Gasteiger partial charge is 0.375 e. The maximum Gasteiger partial charge on any atom is 0.0723 e. The number of morpholine rings is 1. The molecule has 4 heteroatoms. The highest BCUT2D eigenvalue weighted by Gasteiger charge is 2.25. The highest BCUT2D eigenvalue weighted by atomic mass is 35.5. The van der Waals surface area contributed by atoms with Crippen LogP contribution in [0.4, 0.5) is 5.69 Å². The standard InChI is InChI=1S/C14H21ClN2O/c1-10-9-18-11(2)8-17(10)14-7-13(15)4-3-12(14)5-6-16/h3-4,7,10-11H,5-6,8-9,16H2,1-2H3. The average molecular weight is 269 g/mol. The maximum atomic E-state index is 6.13. The number of rotatable bonds is 3. The summed E-state index contributed by atoms with van der Waals surface area (Å²) in [5, 5.41) is 0.775. The molecule has 1 aliphatic rings. The second-order valence-corrected chi connectivity index (χ2v) is 5.39. The predicted octanol–water partition coefficient (Wildman–Crippen LogP) is 2.45. The van der Waals surface area contributed by atoms with Crippen LogP contribution in [0.1, 0.15) is 19.4 Å². The molecule has 2 atom stereocenters. The van der Waals surface area contributed by atoms with Crippen molar-refractivity contribution in [1.29, 1.82) is 0 Å². The molecule has 1 aromatic carbocycles. The second-order valence-electron chi connectivity index (χ2n) is 4.96. The molecule has 0 amide bonds. The Labute approximate surface area is 114 Å². The number of nitrogens with zero attached hydrogens (tertiary/aromatic N) is 1. The lowest BCUT2D eigenvalue weighted by Gasteiger charge is -2.39. The third-order valence-electron chi connectivity index (χ3n) is 3.38. The van der Waals surface area contributed by atoms with E-state index in [1.165, 1.54) is 11.3 Å². The monoisotopic (exact) mass is 268 g/mol. The molecule has 3 nitrogen and oxygen atoms in total. The highest BCUT2D eigenvalue weighted by molar-refractivity contribution is 6.30. The van der Waals surface area contributed by atoms with Gasteiger partial charge in [-0.05, 0) is 44.5 Å². The molecule has 2 N–H and O–H groups in total. The molecule has 1 heterocycles. The van der Waals surface area contributed by atoms with E-state index in [-0.39, 0.29) is 6.10 Å². The summed E-state index contributed by atoms with van der Waals surface area (Å²) in [5.41, 5.74) is 8.15. The number of hydrogen-bond acceptors (Lipinski definition) is 3. The zero-order chi connectivity index (χ0) is 13.1. The number of ether oxygens (including phenoxy) is 1. The fourth-order valence-corrected chi connectivity index (χ4v) is 2.58. The molecule has 1 fully saturated rings. The quantitative estimate of drug-likeness (QED) is 0.915. The number of nitrogens with two attached hydrogens (primary N) is 1. The third kappa shape index (κ3) is 2.97. The van der Waals surface area contributed by atoms with Crippen LogP contribution in [0.15, 0.2) is 18.2 Å². The summed E-state index contributed by atoms with van der Waals surface area (Å²) >= 11 is 6.13. The first-order chi connectivity index (χ1) is 8.61. The summed E-state index contributed by atoms with van der Waals surface area (Å²) in [6, 6.07) is 6.43. The fraction of sp³-hybridized carbons (Fsp3) is 0.571. The molecule has 1 saturated heterocycles. The van der Waals surface area contributed by atoms with E-state index in [4.69, 9.17) is 22.1 Å². The van der Waals surface area contributed by atoms with Gasteiger partial charge in [0.25, 0.3) is 0 Å². The summed E-state index contributed by atoms with van der Waals surface area (Å²) in [4.78, 5) is 2.38. The molecule has 2 unspecified atom stereocenters. The van der Waals surface area contributed by atoms with Gasteiger partial charge in [-0.2, -0.15) is 0 Å². The Bertz CT molecular complexity index is 411. The molecule has 0 spiro atoms. The van der Waals surface area contributed by atoms with Crippen molar-refractivity contribution in [2.75, 3.05) is 24.6 Å². The van der Waals surface area contributed by atoms with E-state index in [9.17, 15) is 0 Å². The van der Waals surface area contributed by atoms with Gasteiger partial charge in [0, 0.05) is 23.3 Å². The van der Waals surface area contributed by atoms with Crippen LogP contribution in [0.5, 0.6) is 0 Å². The minimum atomic E-state index is 0.255. The van der Waals surface area contributed by atoms with E-state index < -0.39 is 0 Å². The van der Waals surface area contributed by atoms with Crippen LogP contribution in [-0.4, -0.2) is 31.8 Å². The molecule has 100 valence electrons. The van der Waals surface area contributed by atoms with E-state index in [2.05, 4.69) is 24.8 Å². The lowest BCUT2D eigenvalue weighted by Crippen LogP contribution is -2.47. The van der Waals surface area contributed by atoms with Crippen molar-refractivity contribution < 1.29 is 4.74 Å². The molecule has 0 aliphatic carbocycles. The van der Waals surface area contributed by atoms with E-state index >= 15 is 0 Å². The lowest BCUT2D eigenvalue weighted by molar-refractivity contribution is 0.0343. The van der Waals surface area contributed by atoms with E-state index in [0.29, 0.717) is 12.6 Å². The van der Waals surface area contributed by atoms with E-state index in [1.54, 1.807) is 0 Å². The van der Waals surface area contributed by atoms with Crippen LogP contribution in [0.25, 0.3) is 0 Å². The highest BCUT2D eigenvalue weighted by Crippen LogP contribution is 2.29. The van der Waals surface area contributed by atoms with Gasteiger partial charge in [-0.1, -0.05) is 17.7 Å². The van der Waals surface area contributed by atoms with Crippen molar-refractivity contribution >= 4 is 17.3 Å². The second kappa shape index (κ2) is 5.91. The first-order valence-electron chi connectivity index (χ1n) is 6.48. The van der Waals surface area contributed by atoms with Crippen LogP contribution in [-0.2, 0) is 11.2 Å². The smallest absolute Gasteiger partial charge is 0.0723 e. The van der Waals surface area contributed by atoms with Crippen LogP contribution >= 0.6 is 11.6 Å². The summed E-state index contributed by atoms with van der Waals surface area (Å²) in [6.45, 7) is 6.60. The normalized spacial score (nSPS) is 24.3. The van der Waals surface area contributed by atoms with Gasteiger partial charge in [0.15, 0.2) is 0 Å². The molecule has 0 saturated carbocycles. The molecule has 1 aliphatic heterocycles. The van der Waals surface area contributed by atoms with Crippen LogP contribution in [0, 0.1) is 0 Å². The maximum absolute atomic E-state index is 6.13. The van der Waals surface area contributed by atoms with E-state index in [1.807, 2.05) is 12.1 Å². The molecule has 2 rings (SSSR count). The minimum Gasteiger partial charge on any atom is -0.375 e. The Morgan fingerprint density at radius 3 is 2.94 bits per heavy atom. The Kier molecular flexibility index (Phi) is 4.49. The van der Waals surface area contributed by atoms with Gasteiger partial charge < -0.3 is 15.4 Å². The zero-order valence-electron chi connectivity index (χ0n) is 11.0. The van der Waals surface area contributed by atoms with Crippen LogP contribution in [0.2, 0.25) is 5.02 Å². The Hall–Kier alpha value is -0.770. The molecule has 0 radical (unpaired) electrons. The van der Waals surface area contributed by atoms with Gasteiger partial charge in [0.05, 0.1) is 12.7 Å². The molecular formula is C14H21ClN2O. The van der Waals surface area contributed by atoms with Crippen LogP contribution < -0.4 is 10.6 Å². The van der Waals surface area contributed by atoms with Crippen molar-refractivity contribution in [3.05, 3.63) is 28.8 Å². The first kappa shape index (κ1) is 13.7. The number of anilines is 1. The third-order valence-corrected chi connectivity index (χ3v) is 3.61. The van der Waals surface area contributed by atoms with E-state index in [0.717, 1.165) is 24.6 Å². The lowest BCUT2D eigenvalue weighted by atomic mass is 10.1. The number of benzene rings is 1. The van der Waals surface area contributed by atoms with Crippen molar-refractivity contribution in [3.8, 4) is 0 Å². The van der Waals surface area contributed by atoms with Gasteiger partial charge in [-0.15, -0.1) is 0 Å². The topological polar surface area (TPSA) is 38.5 Å². The molecular weight excluding hydrogens is 248 g/mol. The van der Waals surface area contributed by atoms with Crippen molar-refractivity contribution in [2.45, 2.75) is 32.4 Å². The van der Waals surface area contributed by atoms with Crippen molar-refractivity contribution in [2.24, 2.45) is 5.73 Å². The van der Waals surface area contributed by atoms with Crippen molar-refractivity contribution in [1.82, 2.24) is 0 Å². The summed E-state index contributed by atoms with van der Waals surface area (Å²) in [7, 11) is 0. The summed E-state index contributed by atoms with van der Waals surface area (Å²) < 4.78 is 5.67. The summed E-state index contributed by atoms with van der Waals surface area (Å²) in [5.74, 6) is 0. The first-order valence-corrected chi connectivity index (χ1v) is 6.86. The van der Waals surface area contributed by atoms with Crippen molar-refractivity contribution in [3.63, 3.8) is 0 Å². The Balaban J connectivity index is 2.32. The van der Waals surface area contributed by atoms with Gasteiger partial charge in [0.2, 0.25) is 0 Å². The molecule has 0 aromatic heterocycles. The van der Waals surface area contributed by atoms with Gasteiger partial charge in [-0.3, -0.25) is 0 Å². The van der Waals surface area contributed by atoms with Crippen LogP contribution in [0.3, 0.4) is 0 Å². The average Bonchev–Trinajstić information content (AvgIpc) is 2.35. The van der Waals surface area contributed by atoms with Gasteiger partial charge in [-0.25, -0.2) is 0 Å². The predicted molar refractivity (Wildman–Crippen MR) is 76.4 cm³/mol. The SMILES string of the molecule is CC1CN(c2cc(Cl)ccc2CCN)C(C)CO1. The Morgan fingerprint density at radius 2 is 2.22 bits per heavy atom. The number of halogens is 1. The summed E-state index contributed by atoms with van der Waals surface area (Å²) in [6.07, 6.45) is 1.14. The number of hydrogen-bond donors (Lipinski definition) is 1. The van der Waals surface area contributed by atoms with Gasteiger partial charge >= 0.3 is 0 Å². The zero-order valence-corrected chi connectivity index (χ0v) is 11.8. The fourth-order valence-electron chi connectivity index (χ4n) is 2.41. The molecule has 1 aromatic rings. The Morgan fingerprint density at radius 1 is 1.44 bits per heavy atom. The minimum absolute atomic E-state index is 0.255. The van der Waals surface area contributed by atoms with Gasteiger partial charge in [0.1, 0.15) is 0 Å². The molecule has 0 bridgehead atoms.